The lowest BCUT2D eigenvalue weighted by atomic mass is 9.70. The molecule has 1 aliphatic carbocycles. The molecule has 2 heteroatoms. The van der Waals surface area contributed by atoms with Crippen molar-refractivity contribution in [1.29, 1.82) is 0 Å². The molecule has 0 spiro atoms. The summed E-state index contributed by atoms with van der Waals surface area (Å²) in [6, 6.07) is 9.23. The maximum atomic E-state index is 3.64. The first-order valence-electron chi connectivity index (χ1n) is 6.63. The molecule has 1 aromatic rings. The Kier molecular flexibility index (Phi) is 4.63. The van der Waals surface area contributed by atoms with Gasteiger partial charge in [-0.05, 0) is 49.3 Å². The van der Waals surface area contributed by atoms with Gasteiger partial charge in [0, 0.05) is 10.5 Å². The molecule has 0 saturated heterocycles. The second kappa shape index (κ2) is 6.01. The van der Waals surface area contributed by atoms with Crippen LogP contribution < -0.4 is 5.32 Å². The van der Waals surface area contributed by atoms with Gasteiger partial charge in [0.2, 0.25) is 0 Å². The molecule has 94 valence electrons. The van der Waals surface area contributed by atoms with Crippen molar-refractivity contribution >= 4 is 15.9 Å². The number of halogens is 1. The predicted molar refractivity (Wildman–Crippen MR) is 77.2 cm³/mol. The van der Waals surface area contributed by atoms with E-state index in [0.717, 1.165) is 11.8 Å². The Morgan fingerprint density at radius 2 is 1.94 bits per heavy atom. The third-order valence-electron chi connectivity index (χ3n) is 3.80. The summed E-state index contributed by atoms with van der Waals surface area (Å²) in [5.74, 6) is 1.75. The van der Waals surface area contributed by atoms with Gasteiger partial charge in [0.15, 0.2) is 0 Å². The van der Waals surface area contributed by atoms with Gasteiger partial charge in [-0.1, -0.05) is 48.0 Å². The summed E-state index contributed by atoms with van der Waals surface area (Å²) in [7, 11) is 0. The summed E-state index contributed by atoms with van der Waals surface area (Å²) in [6.45, 7) is 5.63. The lowest BCUT2D eigenvalue weighted by Crippen LogP contribution is -2.38. The first-order chi connectivity index (χ1) is 8.16. The minimum absolute atomic E-state index is 0.611. The molecule has 0 aromatic heterocycles. The van der Waals surface area contributed by atoms with Crippen molar-refractivity contribution in [2.45, 2.75) is 39.2 Å². The van der Waals surface area contributed by atoms with E-state index >= 15 is 0 Å². The number of nitrogens with one attached hydrogen (secondary N) is 1. The Hall–Kier alpha value is -0.340. The molecule has 0 bridgehead atoms. The maximum absolute atomic E-state index is 3.64. The van der Waals surface area contributed by atoms with Crippen LogP contribution in [0.25, 0.3) is 0 Å². The van der Waals surface area contributed by atoms with Crippen molar-refractivity contribution in [2.24, 2.45) is 11.8 Å². The van der Waals surface area contributed by atoms with Gasteiger partial charge in [0.05, 0.1) is 0 Å². The molecule has 0 amide bonds. The molecule has 0 radical (unpaired) electrons. The van der Waals surface area contributed by atoms with E-state index in [4.69, 9.17) is 0 Å². The molecule has 1 aromatic carbocycles. The van der Waals surface area contributed by atoms with Crippen molar-refractivity contribution in [1.82, 2.24) is 5.32 Å². The molecule has 1 fully saturated rings. The molecule has 0 heterocycles. The Morgan fingerprint density at radius 3 is 2.53 bits per heavy atom. The molecule has 2 unspecified atom stereocenters. The number of hydrogen-bond donors (Lipinski definition) is 1. The van der Waals surface area contributed by atoms with Crippen LogP contribution in [0.3, 0.4) is 0 Å². The molecule has 2 rings (SSSR count). The summed E-state index contributed by atoms with van der Waals surface area (Å²) in [5, 5.41) is 3.57. The fraction of sp³-hybridized carbons (Fsp3) is 0.600. The topological polar surface area (TPSA) is 12.0 Å². The lowest BCUT2D eigenvalue weighted by molar-refractivity contribution is 0.167. The largest absolute Gasteiger partial charge is 0.314 e. The van der Waals surface area contributed by atoms with E-state index in [2.05, 4.69) is 59.4 Å². The zero-order valence-electron chi connectivity index (χ0n) is 10.7. The number of rotatable bonds is 5. The van der Waals surface area contributed by atoms with Crippen LogP contribution in [-0.2, 0) is 6.42 Å². The van der Waals surface area contributed by atoms with E-state index in [1.165, 1.54) is 35.8 Å². The van der Waals surface area contributed by atoms with Crippen LogP contribution >= 0.6 is 15.9 Å². The van der Waals surface area contributed by atoms with Crippen LogP contribution in [0.1, 0.15) is 32.3 Å². The highest BCUT2D eigenvalue weighted by Crippen LogP contribution is 2.37. The highest BCUT2D eigenvalue weighted by atomic mass is 79.9. The van der Waals surface area contributed by atoms with E-state index in [-0.39, 0.29) is 0 Å². The molecular weight excluding hydrogens is 274 g/mol. The monoisotopic (exact) mass is 295 g/mol. The van der Waals surface area contributed by atoms with Crippen molar-refractivity contribution in [3.8, 4) is 0 Å². The summed E-state index contributed by atoms with van der Waals surface area (Å²) in [6.07, 6.45) is 4.02. The second-order valence-electron chi connectivity index (χ2n) is 5.46. The fourth-order valence-corrected chi connectivity index (χ4v) is 2.96. The van der Waals surface area contributed by atoms with Crippen LogP contribution in [0, 0.1) is 11.8 Å². The van der Waals surface area contributed by atoms with Gasteiger partial charge in [0.1, 0.15) is 0 Å². The maximum Gasteiger partial charge on any atom is 0.0207 e. The summed E-state index contributed by atoms with van der Waals surface area (Å²) < 4.78 is 1.27. The molecule has 1 aliphatic rings. The van der Waals surface area contributed by atoms with Gasteiger partial charge in [0.25, 0.3) is 0 Å². The highest BCUT2D eigenvalue weighted by molar-refractivity contribution is 9.10. The Labute approximate surface area is 113 Å². The van der Waals surface area contributed by atoms with Gasteiger partial charge in [-0.15, -0.1) is 0 Å². The van der Waals surface area contributed by atoms with Gasteiger partial charge in [-0.25, -0.2) is 0 Å². The number of benzene rings is 1. The second-order valence-corrected chi connectivity index (χ2v) is 6.31. The predicted octanol–water partition coefficient (Wildman–Crippen LogP) is 4.02. The van der Waals surface area contributed by atoms with Crippen molar-refractivity contribution in [2.75, 3.05) is 6.54 Å². The first-order valence-corrected chi connectivity index (χ1v) is 7.43. The highest BCUT2D eigenvalue weighted by Gasteiger charge is 2.30. The van der Waals surface area contributed by atoms with Crippen molar-refractivity contribution in [3.05, 3.63) is 34.3 Å². The average molecular weight is 296 g/mol. The van der Waals surface area contributed by atoms with Crippen LogP contribution in [0.5, 0.6) is 0 Å². The number of hydrogen-bond acceptors (Lipinski definition) is 1. The lowest BCUT2D eigenvalue weighted by Gasteiger charge is -2.37. The molecule has 2 atom stereocenters. The normalized spacial score (nSPS) is 23.8. The van der Waals surface area contributed by atoms with Gasteiger partial charge in [-0.2, -0.15) is 0 Å². The third kappa shape index (κ3) is 3.56. The average Bonchev–Trinajstić information content (AvgIpc) is 2.26. The minimum atomic E-state index is 0.611. The fourth-order valence-electron chi connectivity index (χ4n) is 2.51. The summed E-state index contributed by atoms with van der Waals surface area (Å²) in [4.78, 5) is 0. The zero-order valence-corrected chi connectivity index (χ0v) is 12.3. The molecule has 1 nitrogen and oxygen atoms in total. The summed E-state index contributed by atoms with van der Waals surface area (Å²) >= 11 is 3.64. The standard InChI is InChI=1S/C15H22BrN/c1-11(2)17-10-14-8-7-12(14)9-13-5-3-4-6-15(13)16/h3-6,11-12,14,17H,7-10H2,1-2H3. The van der Waals surface area contributed by atoms with Crippen molar-refractivity contribution in [3.63, 3.8) is 0 Å². The smallest absolute Gasteiger partial charge is 0.0207 e. The Morgan fingerprint density at radius 1 is 1.24 bits per heavy atom. The van der Waals surface area contributed by atoms with Gasteiger partial charge in [-0.3, -0.25) is 0 Å². The Balaban J connectivity index is 1.86. The van der Waals surface area contributed by atoms with E-state index in [0.29, 0.717) is 6.04 Å². The van der Waals surface area contributed by atoms with E-state index in [1.807, 2.05) is 0 Å². The molecular formula is C15H22BrN. The SMILES string of the molecule is CC(C)NCC1CCC1Cc1ccccc1Br. The van der Waals surface area contributed by atoms with Crippen molar-refractivity contribution < 1.29 is 0 Å². The van der Waals surface area contributed by atoms with Crippen LogP contribution in [0.15, 0.2) is 28.7 Å². The molecule has 1 N–H and O–H groups in total. The first kappa shape index (κ1) is 13.1. The molecule has 0 aliphatic heterocycles. The van der Waals surface area contributed by atoms with E-state index in [1.54, 1.807) is 0 Å². The summed E-state index contributed by atoms with van der Waals surface area (Å²) in [5.41, 5.74) is 1.46. The van der Waals surface area contributed by atoms with E-state index < -0.39 is 0 Å². The van der Waals surface area contributed by atoms with Crippen LogP contribution in [-0.4, -0.2) is 12.6 Å². The molecule has 1 saturated carbocycles. The zero-order chi connectivity index (χ0) is 12.3. The van der Waals surface area contributed by atoms with E-state index in [9.17, 15) is 0 Å². The quantitative estimate of drug-likeness (QED) is 0.865. The third-order valence-corrected chi connectivity index (χ3v) is 4.58. The van der Waals surface area contributed by atoms with Crippen LogP contribution in [0.4, 0.5) is 0 Å². The van der Waals surface area contributed by atoms with Gasteiger partial charge >= 0.3 is 0 Å². The Bertz CT molecular complexity index is 362. The van der Waals surface area contributed by atoms with Crippen LogP contribution in [0.2, 0.25) is 0 Å². The van der Waals surface area contributed by atoms with Gasteiger partial charge < -0.3 is 5.32 Å². The molecule has 17 heavy (non-hydrogen) atoms. The minimum Gasteiger partial charge on any atom is -0.314 e.